The molecule has 1 saturated carbocycles. The van der Waals surface area contributed by atoms with Gasteiger partial charge in [-0.05, 0) is 24.7 Å². The van der Waals surface area contributed by atoms with Crippen LogP contribution < -0.4 is 11.1 Å². The summed E-state index contributed by atoms with van der Waals surface area (Å²) >= 11 is 0. The topological polar surface area (TPSA) is 92.4 Å². The summed E-state index contributed by atoms with van der Waals surface area (Å²) in [4.78, 5) is 23.2. The van der Waals surface area contributed by atoms with Crippen LogP contribution in [0.25, 0.3) is 0 Å². The predicted molar refractivity (Wildman–Crippen MR) is 73.5 cm³/mol. The van der Waals surface area contributed by atoms with Gasteiger partial charge in [0, 0.05) is 13.1 Å². The SMILES string of the molecule is CC(C)C(CN)C(=O)NCC1CCCCC1C(=O)O. The normalized spacial score (nSPS) is 25.1. The van der Waals surface area contributed by atoms with Crippen molar-refractivity contribution in [3.8, 4) is 0 Å². The Labute approximate surface area is 114 Å². The number of nitrogens with two attached hydrogens (primary N) is 1. The molecule has 0 radical (unpaired) electrons. The summed E-state index contributed by atoms with van der Waals surface area (Å²) in [7, 11) is 0. The molecule has 0 aromatic carbocycles. The summed E-state index contributed by atoms with van der Waals surface area (Å²) in [6.45, 7) is 4.73. The second-order valence-corrected chi connectivity index (χ2v) is 5.82. The third kappa shape index (κ3) is 4.49. The van der Waals surface area contributed by atoms with Crippen molar-refractivity contribution in [3.63, 3.8) is 0 Å². The van der Waals surface area contributed by atoms with Gasteiger partial charge in [-0.2, -0.15) is 0 Å². The molecular formula is C14H26N2O3. The molecule has 3 unspecified atom stereocenters. The molecule has 0 heterocycles. The van der Waals surface area contributed by atoms with Crippen molar-refractivity contribution in [3.05, 3.63) is 0 Å². The molecule has 5 heteroatoms. The number of carboxylic acid groups (broad SMARTS) is 1. The summed E-state index contributed by atoms with van der Waals surface area (Å²) in [5, 5.41) is 12.1. The van der Waals surface area contributed by atoms with E-state index in [1.165, 1.54) is 0 Å². The van der Waals surface area contributed by atoms with Gasteiger partial charge in [0.2, 0.25) is 5.91 Å². The summed E-state index contributed by atoms with van der Waals surface area (Å²) < 4.78 is 0. The first-order chi connectivity index (χ1) is 8.97. The first-order valence-electron chi connectivity index (χ1n) is 7.18. The first-order valence-corrected chi connectivity index (χ1v) is 7.18. The van der Waals surface area contributed by atoms with Gasteiger partial charge in [0.05, 0.1) is 11.8 Å². The van der Waals surface area contributed by atoms with Crippen molar-refractivity contribution in [2.75, 3.05) is 13.1 Å². The molecule has 0 aromatic heterocycles. The molecule has 1 rings (SSSR count). The van der Waals surface area contributed by atoms with Crippen molar-refractivity contribution in [2.45, 2.75) is 39.5 Å². The molecule has 110 valence electrons. The largest absolute Gasteiger partial charge is 0.481 e. The van der Waals surface area contributed by atoms with Crippen LogP contribution in [0, 0.1) is 23.7 Å². The summed E-state index contributed by atoms with van der Waals surface area (Å²) in [5.74, 6) is -1.03. The Hall–Kier alpha value is -1.10. The van der Waals surface area contributed by atoms with Gasteiger partial charge in [0.15, 0.2) is 0 Å². The molecule has 1 amide bonds. The van der Waals surface area contributed by atoms with Crippen LogP contribution in [0.3, 0.4) is 0 Å². The third-order valence-electron chi connectivity index (χ3n) is 4.16. The molecule has 1 aliphatic rings. The highest BCUT2D eigenvalue weighted by Gasteiger charge is 2.31. The minimum absolute atomic E-state index is 0.0489. The fourth-order valence-electron chi connectivity index (χ4n) is 2.82. The highest BCUT2D eigenvalue weighted by molar-refractivity contribution is 5.79. The van der Waals surface area contributed by atoms with E-state index in [9.17, 15) is 14.7 Å². The Balaban J connectivity index is 2.50. The number of carboxylic acids is 1. The van der Waals surface area contributed by atoms with Gasteiger partial charge in [0.1, 0.15) is 0 Å². The molecular weight excluding hydrogens is 244 g/mol. The van der Waals surface area contributed by atoms with E-state index >= 15 is 0 Å². The third-order valence-corrected chi connectivity index (χ3v) is 4.16. The highest BCUT2D eigenvalue weighted by atomic mass is 16.4. The maximum absolute atomic E-state index is 12.0. The van der Waals surface area contributed by atoms with Crippen LogP contribution in [0.1, 0.15) is 39.5 Å². The van der Waals surface area contributed by atoms with E-state index in [0.29, 0.717) is 13.1 Å². The Morgan fingerprint density at radius 1 is 1.32 bits per heavy atom. The minimum Gasteiger partial charge on any atom is -0.481 e. The molecule has 0 aromatic rings. The average Bonchev–Trinajstić information content (AvgIpc) is 2.37. The number of hydrogen-bond acceptors (Lipinski definition) is 3. The van der Waals surface area contributed by atoms with E-state index in [2.05, 4.69) is 5.32 Å². The van der Waals surface area contributed by atoms with Crippen molar-refractivity contribution in [1.29, 1.82) is 0 Å². The fraction of sp³-hybridized carbons (Fsp3) is 0.857. The summed E-state index contributed by atoms with van der Waals surface area (Å²) in [6, 6.07) is 0. The number of carbonyl (C=O) groups is 2. The van der Waals surface area contributed by atoms with Crippen molar-refractivity contribution in [1.82, 2.24) is 5.32 Å². The Kier molecular flexibility index (Phi) is 6.28. The molecule has 1 fully saturated rings. The van der Waals surface area contributed by atoms with Gasteiger partial charge < -0.3 is 16.2 Å². The molecule has 19 heavy (non-hydrogen) atoms. The molecule has 0 saturated heterocycles. The van der Waals surface area contributed by atoms with Crippen LogP contribution in [-0.2, 0) is 9.59 Å². The number of aliphatic carboxylic acids is 1. The smallest absolute Gasteiger partial charge is 0.306 e. The zero-order valence-electron chi connectivity index (χ0n) is 11.9. The Bertz CT molecular complexity index is 318. The zero-order valence-corrected chi connectivity index (χ0v) is 11.9. The van der Waals surface area contributed by atoms with E-state index in [-0.39, 0.29) is 29.6 Å². The van der Waals surface area contributed by atoms with Crippen LogP contribution in [-0.4, -0.2) is 30.1 Å². The molecule has 3 atom stereocenters. The lowest BCUT2D eigenvalue weighted by Gasteiger charge is -2.29. The minimum atomic E-state index is -0.738. The summed E-state index contributed by atoms with van der Waals surface area (Å²) in [5.41, 5.74) is 5.60. The van der Waals surface area contributed by atoms with Gasteiger partial charge in [-0.15, -0.1) is 0 Å². The predicted octanol–water partition coefficient (Wildman–Crippen LogP) is 1.22. The maximum atomic E-state index is 12.0. The van der Waals surface area contributed by atoms with Crippen molar-refractivity contribution >= 4 is 11.9 Å². The highest BCUT2D eigenvalue weighted by Crippen LogP contribution is 2.29. The quantitative estimate of drug-likeness (QED) is 0.676. The first kappa shape index (κ1) is 16.0. The molecule has 0 spiro atoms. The standard InChI is InChI=1S/C14H26N2O3/c1-9(2)12(7-15)13(17)16-8-10-5-3-4-6-11(10)14(18)19/h9-12H,3-8,15H2,1-2H3,(H,16,17)(H,18,19). The van der Waals surface area contributed by atoms with E-state index in [4.69, 9.17) is 5.73 Å². The number of rotatable bonds is 6. The van der Waals surface area contributed by atoms with E-state index in [1.807, 2.05) is 13.8 Å². The van der Waals surface area contributed by atoms with E-state index in [1.54, 1.807) is 0 Å². The van der Waals surface area contributed by atoms with Crippen LogP contribution in [0.5, 0.6) is 0 Å². The number of nitrogens with one attached hydrogen (secondary N) is 1. The lowest BCUT2D eigenvalue weighted by atomic mass is 9.79. The van der Waals surface area contributed by atoms with Crippen LogP contribution in [0.2, 0.25) is 0 Å². The Morgan fingerprint density at radius 2 is 1.95 bits per heavy atom. The van der Waals surface area contributed by atoms with Crippen molar-refractivity contribution < 1.29 is 14.7 Å². The van der Waals surface area contributed by atoms with Crippen LogP contribution in [0.4, 0.5) is 0 Å². The second kappa shape index (κ2) is 7.48. The van der Waals surface area contributed by atoms with Gasteiger partial charge in [-0.1, -0.05) is 26.7 Å². The van der Waals surface area contributed by atoms with Crippen molar-refractivity contribution in [2.24, 2.45) is 29.4 Å². The van der Waals surface area contributed by atoms with Gasteiger partial charge >= 0.3 is 5.97 Å². The molecule has 1 aliphatic carbocycles. The maximum Gasteiger partial charge on any atom is 0.306 e. The molecule has 4 N–H and O–H groups in total. The number of amides is 1. The number of hydrogen-bond donors (Lipinski definition) is 3. The lowest BCUT2D eigenvalue weighted by molar-refractivity contribution is -0.145. The van der Waals surface area contributed by atoms with Crippen LogP contribution >= 0.6 is 0 Å². The lowest BCUT2D eigenvalue weighted by Crippen LogP contribution is -2.42. The average molecular weight is 270 g/mol. The van der Waals surface area contributed by atoms with E-state index < -0.39 is 5.97 Å². The Morgan fingerprint density at radius 3 is 2.47 bits per heavy atom. The van der Waals surface area contributed by atoms with Gasteiger partial charge in [0.25, 0.3) is 0 Å². The summed E-state index contributed by atoms with van der Waals surface area (Å²) in [6.07, 6.45) is 3.63. The second-order valence-electron chi connectivity index (χ2n) is 5.82. The molecule has 5 nitrogen and oxygen atoms in total. The van der Waals surface area contributed by atoms with E-state index in [0.717, 1.165) is 25.7 Å². The molecule has 0 aliphatic heterocycles. The molecule has 0 bridgehead atoms. The monoisotopic (exact) mass is 270 g/mol. The zero-order chi connectivity index (χ0) is 14.4. The fourth-order valence-corrected chi connectivity index (χ4v) is 2.82. The number of carbonyl (C=O) groups excluding carboxylic acids is 1. The van der Waals surface area contributed by atoms with Gasteiger partial charge in [-0.25, -0.2) is 0 Å². The van der Waals surface area contributed by atoms with Gasteiger partial charge in [-0.3, -0.25) is 9.59 Å². The van der Waals surface area contributed by atoms with Crippen LogP contribution in [0.15, 0.2) is 0 Å².